The highest BCUT2D eigenvalue weighted by Crippen LogP contribution is 2.38. The lowest BCUT2D eigenvalue weighted by Gasteiger charge is -2.39. The van der Waals surface area contributed by atoms with Gasteiger partial charge in [0, 0.05) is 27.2 Å². The zero-order valence-electron chi connectivity index (χ0n) is 13.4. The normalized spacial score (nSPS) is 26.5. The van der Waals surface area contributed by atoms with Gasteiger partial charge in [0.2, 0.25) is 10.0 Å². The fourth-order valence-corrected chi connectivity index (χ4v) is 4.15. The van der Waals surface area contributed by atoms with Gasteiger partial charge in [0.25, 0.3) is 0 Å². The maximum Gasteiger partial charge on any atom is 0.244 e. The van der Waals surface area contributed by atoms with Gasteiger partial charge in [-0.2, -0.15) is 0 Å². The van der Waals surface area contributed by atoms with Crippen molar-refractivity contribution in [3.8, 4) is 0 Å². The number of hydrogen-bond donors (Lipinski definition) is 0. The average molecular weight is 324 g/mol. The maximum atomic E-state index is 12.6. The molecule has 0 unspecified atom stereocenters. The number of anilines is 1. The molecule has 0 amide bonds. The van der Waals surface area contributed by atoms with Crippen LogP contribution in [0.25, 0.3) is 0 Å². The summed E-state index contributed by atoms with van der Waals surface area (Å²) in [6.45, 7) is 3.56. The third kappa shape index (κ3) is 3.00. The summed E-state index contributed by atoms with van der Waals surface area (Å²) >= 11 is 0. The van der Waals surface area contributed by atoms with Crippen LogP contribution in [0, 0.1) is 5.92 Å². The highest BCUT2D eigenvalue weighted by atomic mass is 32.2. The first-order chi connectivity index (χ1) is 10.4. The van der Waals surface area contributed by atoms with Crippen LogP contribution >= 0.6 is 0 Å². The number of nitrogens with zero attached hydrogens (tertiary/aromatic N) is 2. The smallest absolute Gasteiger partial charge is 0.244 e. The first kappa shape index (κ1) is 15.8. The molecule has 2 atom stereocenters. The second kappa shape index (κ2) is 5.83. The quantitative estimate of drug-likeness (QED) is 0.849. The molecule has 0 spiro atoms. The summed E-state index contributed by atoms with van der Waals surface area (Å²) in [5.74, 6) is 0.642. The number of rotatable bonds is 4. The molecule has 6 heteroatoms. The molecule has 0 bridgehead atoms. The van der Waals surface area contributed by atoms with Crippen molar-refractivity contribution in [2.45, 2.75) is 36.9 Å². The molecular weight excluding hydrogens is 300 g/mol. The van der Waals surface area contributed by atoms with Crippen molar-refractivity contribution in [2.24, 2.45) is 5.92 Å². The number of benzene rings is 1. The van der Waals surface area contributed by atoms with E-state index in [4.69, 9.17) is 4.74 Å². The Morgan fingerprint density at radius 2 is 1.86 bits per heavy atom. The molecule has 22 heavy (non-hydrogen) atoms. The summed E-state index contributed by atoms with van der Waals surface area (Å²) in [6, 6.07) is 7.27. The largest absolute Gasteiger partial charge is 0.371 e. The van der Waals surface area contributed by atoms with Gasteiger partial charge in [-0.15, -0.1) is 0 Å². The second-order valence-corrected chi connectivity index (χ2v) is 8.60. The van der Waals surface area contributed by atoms with E-state index >= 15 is 0 Å². The van der Waals surface area contributed by atoms with Crippen molar-refractivity contribution in [3.63, 3.8) is 0 Å². The molecule has 3 rings (SSSR count). The average Bonchev–Trinajstić information content (AvgIpc) is 3.31. The van der Waals surface area contributed by atoms with Crippen LogP contribution in [0.2, 0.25) is 0 Å². The third-order valence-electron chi connectivity index (χ3n) is 4.40. The molecule has 1 aliphatic heterocycles. The summed E-state index contributed by atoms with van der Waals surface area (Å²) in [5, 5.41) is 0. The van der Waals surface area contributed by atoms with Crippen molar-refractivity contribution in [3.05, 3.63) is 24.3 Å². The summed E-state index contributed by atoms with van der Waals surface area (Å²) < 4.78 is 32.5. The van der Waals surface area contributed by atoms with E-state index in [0.717, 1.165) is 18.8 Å². The number of hydrogen-bond acceptors (Lipinski definition) is 4. The van der Waals surface area contributed by atoms with E-state index in [9.17, 15) is 8.42 Å². The fraction of sp³-hybridized carbons (Fsp3) is 0.625. The number of para-hydroxylation sites is 1. The van der Waals surface area contributed by atoms with Gasteiger partial charge in [-0.25, -0.2) is 12.7 Å². The van der Waals surface area contributed by atoms with E-state index < -0.39 is 10.0 Å². The first-order valence-corrected chi connectivity index (χ1v) is 9.25. The third-order valence-corrected chi connectivity index (χ3v) is 6.26. The predicted molar refractivity (Wildman–Crippen MR) is 86.6 cm³/mol. The van der Waals surface area contributed by atoms with E-state index in [1.807, 2.05) is 12.1 Å². The fourth-order valence-electron chi connectivity index (χ4n) is 3.04. The molecule has 1 aliphatic carbocycles. The molecule has 1 heterocycles. The van der Waals surface area contributed by atoms with Crippen LogP contribution < -0.4 is 4.90 Å². The lowest BCUT2D eigenvalue weighted by Crippen LogP contribution is -2.48. The zero-order chi connectivity index (χ0) is 15.9. The van der Waals surface area contributed by atoms with Crippen LogP contribution in [0.1, 0.15) is 19.8 Å². The van der Waals surface area contributed by atoms with Gasteiger partial charge in [0.1, 0.15) is 4.90 Å². The Kier molecular flexibility index (Phi) is 4.18. The van der Waals surface area contributed by atoms with Gasteiger partial charge < -0.3 is 9.64 Å². The van der Waals surface area contributed by atoms with E-state index in [-0.39, 0.29) is 12.2 Å². The van der Waals surface area contributed by atoms with Gasteiger partial charge in [-0.1, -0.05) is 12.1 Å². The Morgan fingerprint density at radius 3 is 2.50 bits per heavy atom. The Bertz CT molecular complexity index is 641. The molecule has 122 valence electrons. The molecule has 0 aromatic heterocycles. The van der Waals surface area contributed by atoms with Crippen LogP contribution in [-0.4, -0.2) is 52.1 Å². The van der Waals surface area contributed by atoms with Crippen LogP contribution in [-0.2, 0) is 14.8 Å². The minimum Gasteiger partial charge on any atom is -0.371 e. The summed E-state index contributed by atoms with van der Waals surface area (Å²) in [4.78, 5) is 2.55. The van der Waals surface area contributed by atoms with Gasteiger partial charge in [0.15, 0.2) is 0 Å². The lowest BCUT2D eigenvalue weighted by atomic mass is 10.1. The van der Waals surface area contributed by atoms with Gasteiger partial charge in [-0.3, -0.25) is 0 Å². The molecule has 5 nitrogen and oxygen atoms in total. The Morgan fingerprint density at radius 1 is 1.18 bits per heavy atom. The van der Waals surface area contributed by atoms with Crippen LogP contribution in [0.15, 0.2) is 29.2 Å². The Hall–Kier alpha value is -1.11. The number of ether oxygens (including phenoxy) is 1. The molecule has 0 N–H and O–H groups in total. The monoisotopic (exact) mass is 324 g/mol. The molecule has 0 radical (unpaired) electrons. The maximum absolute atomic E-state index is 12.6. The second-order valence-electron chi connectivity index (χ2n) is 6.48. The molecule has 1 aromatic carbocycles. The van der Waals surface area contributed by atoms with E-state index in [1.54, 1.807) is 26.2 Å². The molecule has 1 saturated heterocycles. The topological polar surface area (TPSA) is 49.9 Å². The van der Waals surface area contributed by atoms with Gasteiger partial charge >= 0.3 is 0 Å². The van der Waals surface area contributed by atoms with E-state index in [2.05, 4.69) is 11.8 Å². The molecule has 2 fully saturated rings. The number of sulfonamides is 1. The van der Waals surface area contributed by atoms with E-state index in [0.29, 0.717) is 10.8 Å². The lowest BCUT2D eigenvalue weighted by molar-refractivity contribution is -0.0272. The molecule has 1 saturated carbocycles. The highest BCUT2D eigenvalue weighted by molar-refractivity contribution is 7.89. The van der Waals surface area contributed by atoms with Gasteiger partial charge in [0.05, 0.1) is 17.9 Å². The summed E-state index contributed by atoms with van der Waals surface area (Å²) in [7, 11) is -0.305. The minimum atomic E-state index is -3.45. The Balaban J connectivity index is 1.94. The molecule has 1 aromatic rings. The van der Waals surface area contributed by atoms with Crippen LogP contribution in [0.4, 0.5) is 5.69 Å². The van der Waals surface area contributed by atoms with Crippen molar-refractivity contribution >= 4 is 15.7 Å². The van der Waals surface area contributed by atoms with Crippen LogP contribution in [0.5, 0.6) is 0 Å². The highest BCUT2D eigenvalue weighted by Gasteiger charge is 2.38. The van der Waals surface area contributed by atoms with Crippen molar-refractivity contribution in [2.75, 3.05) is 32.1 Å². The summed E-state index contributed by atoms with van der Waals surface area (Å²) in [6.07, 6.45) is 2.79. The van der Waals surface area contributed by atoms with Gasteiger partial charge in [-0.05, 0) is 37.8 Å². The SMILES string of the molecule is C[C@H]1CN(c2ccccc2S(=O)(=O)N(C)C)C[C@H](C2CC2)O1. The Labute approximate surface area is 132 Å². The van der Waals surface area contributed by atoms with E-state index in [1.165, 1.54) is 17.1 Å². The van der Waals surface area contributed by atoms with Crippen molar-refractivity contribution in [1.29, 1.82) is 0 Å². The predicted octanol–water partition coefficient (Wildman–Crippen LogP) is 1.94. The number of morpholine rings is 1. The molecular formula is C16H24N2O3S. The van der Waals surface area contributed by atoms with Crippen molar-refractivity contribution in [1.82, 2.24) is 4.31 Å². The standard InChI is InChI=1S/C16H24N2O3S/c1-12-10-18(11-15(21-12)13-8-9-13)14-6-4-5-7-16(14)22(19,20)17(2)3/h4-7,12-13,15H,8-11H2,1-3H3/t12-,15+/m0/s1. The van der Waals surface area contributed by atoms with Crippen molar-refractivity contribution < 1.29 is 13.2 Å². The summed E-state index contributed by atoms with van der Waals surface area (Å²) in [5.41, 5.74) is 0.789. The van der Waals surface area contributed by atoms with Crippen LogP contribution in [0.3, 0.4) is 0 Å². The zero-order valence-corrected chi connectivity index (χ0v) is 14.2. The minimum absolute atomic E-state index is 0.120. The molecule has 2 aliphatic rings. The first-order valence-electron chi connectivity index (χ1n) is 7.81.